The molecule has 0 aromatic rings. The van der Waals surface area contributed by atoms with E-state index in [0.717, 1.165) is 62.7 Å². The molecule has 3 heteroatoms. The number of rotatable bonds is 10. The van der Waals surface area contributed by atoms with Crippen molar-refractivity contribution in [2.75, 3.05) is 6.61 Å². The Labute approximate surface area is 169 Å². The predicted molar refractivity (Wildman–Crippen MR) is 115 cm³/mol. The number of carboxylic acids is 1. The summed E-state index contributed by atoms with van der Waals surface area (Å²) in [5.41, 5.74) is 5.12. The number of unbranched alkanes of at least 4 members (excludes halogenated alkanes) is 1. The largest absolute Gasteiger partial charge is 0.493 e. The van der Waals surface area contributed by atoms with Crippen LogP contribution >= 0.6 is 0 Å². The lowest BCUT2D eigenvalue weighted by Crippen LogP contribution is -2.33. The van der Waals surface area contributed by atoms with Crippen molar-refractivity contribution in [1.29, 1.82) is 0 Å². The van der Waals surface area contributed by atoms with E-state index in [9.17, 15) is 9.90 Å². The lowest BCUT2D eigenvalue weighted by Gasteiger charge is -2.33. The molecule has 0 radical (unpaired) electrons. The fourth-order valence-corrected chi connectivity index (χ4v) is 3.96. The third kappa shape index (κ3) is 6.42. The van der Waals surface area contributed by atoms with Crippen LogP contribution in [0.1, 0.15) is 71.6 Å². The van der Waals surface area contributed by atoms with Gasteiger partial charge in [0.25, 0.3) is 0 Å². The van der Waals surface area contributed by atoms with Crippen LogP contribution in [0, 0.1) is 5.41 Å². The fraction of sp³-hybridized carbons (Fsp3) is 0.520. The van der Waals surface area contributed by atoms with Crippen molar-refractivity contribution in [3.63, 3.8) is 0 Å². The number of ether oxygens (including phenoxy) is 1. The zero-order valence-corrected chi connectivity index (χ0v) is 17.4. The van der Waals surface area contributed by atoms with Crippen molar-refractivity contribution < 1.29 is 14.6 Å². The summed E-state index contributed by atoms with van der Waals surface area (Å²) < 4.78 is 5.89. The summed E-state index contributed by atoms with van der Waals surface area (Å²) in [6.45, 7) is 4.77. The Balaban J connectivity index is 1.83. The lowest BCUT2D eigenvalue weighted by molar-refractivity contribution is -0.151. The van der Waals surface area contributed by atoms with E-state index in [0.29, 0.717) is 6.61 Å². The summed E-state index contributed by atoms with van der Waals surface area (Å²) in [6, 6.07) is 0. The van der Waals surface area contributed by atoms with Crippen molar-refractivity contribution in [3.05, 3.63) is 65.2 Å². The second-order valence-corrected chi connectivity index (χ2v) is 7.67. The first-order valence-electron chi connectivity index (χ1n) is 10.6. The Bertz CT molecular complexity index is 706. The Kier molecular flexibility index (Phi) is 9.10. The van der Waals surface area contributed by atoms with E-state index in [-0.39, 0.29) is 0 Å². The Hall–Kier alpha value is -2.25. The summed E-state index contributed by atoms with van der Waals surface area (Å²) in [5, 5.41) is 9.65. The SMILES string of the molecule is C/C=C\C=C(/CC)C1=CC=C(OCCCCC2(C(=O)O)CCCCC2)C=C=C1. The van der Waals surface area contributed by atoms with Gasteiger partial charge in [-0.25, -0.2) is 0 Å². The smallest absolute Gasteiger partial charge is 0.309 e. The molecule has 0 aromatic carbocycles. The molecule has 0 amide bonds. The highest BCUT2D eigenvalue weighted by molar-refractivity contribution is 5.74. The van der Waals surface area contributed by atoms with Gasteiger partial charge in [0.05, 0.1) is 12.0 Å². The number of aliphatic carboxylic acids is 1. The first-order chi connectivity index (χ1) is 13.6. The standard InChI is InChI=1S/C25H34O3/c1-3-5-12-21(4-2)22-13-11-14-23(16-15-22)28-20-10-9-19-25(24(26)27)17-7-6-8-18-25/h3,5,12-16H,4,6-10,17-20H2,1-2H3,(H,26,27)/b5-3-,21-12+. The van der Waals surface area contributed by atoms with Gasteiger partial charge in [0.2, 0.25) is 0 Å². The third-order valence-corrected chi connectivity index (χ3v) is 5.72. The van der Waals surface area contributed by atoms with Gasteiger partial charge in [-0.2, -0.15) is 0 Å². The molecular weight excluding hydrogens is 348 g/mol. The van der Waals surface area contributed by atoms with E-state index in [1.54, 1.807) is 0 Å². The number of hydrogen-bond acceptors (Lipinski definition) is 2. The molecule has 0 saturated heterocycles. The summed E-state index contributed by atoms with van der Waals surface area (Å²) >= 11 is 0. The molecule has 0 aliphatic heterocycles. The van der Waals surface area contributed by atoms with Crippen LogP contribution in [0.5, 0.6) is 0 Å². The number of carboxylic acid groups (broad SMARTS) is 1. The first kappa shape index (κ1) is 22.0. The van der Waals surface area contributed by atoms with Crippen LogP contribution in [0.25, 0.3) is 0 Å². The molecule has 1 N–H and O–H groups in total. The van der Waals surface area contributed by atoms with Crippen LogP contribution in [0.4, 0.5) is 0 Å². The van der Waals surface area contributed by atoms with E-state index in [1.807, 2.05) is 31.2 Å². The normalized spacial score (nSPS) is 19.3. The average Bonchev–Trinajstić information content (AvgIpc) is 2.95. The van der Waals surface area contributed by atoms with Gasteiger partial charge >= 0.3 is 5.97 Å². The highest BCUT2D eigenvalue weighted by Gasteiger charge is 2.38. The molecular formula is C25H34O3. The van der Waals surface area contributed by atoms with Crippen molar-refractivity contribution in [3.8, 4) is 0 Å². The molecule has 0 spiro atoms. The van der Waals surface area contributed by atoms with E-state index in [1.165, 1.54) is 12.0 Å². The molecule has 28 heavy (non-hydrogen) atoms. The van der Waals surface area contributed by atoms with Crippen LogP contribution in [-0.4, -0.2) is 17.7 Å². The molecule has 152 valence electrons. The molecule has 3 nitrogen and oxygen atoms in total. The Morgan fingerprint density at radius 2 is 2.00 bits per heavy atom. The number of allylic oxidation sites excluding steroid dienone is 8. The molecule has 2 aliphatic carbocycles. The van der Waals surface area contributed by atoms with Crippen molar-refractivity contribution in [2.24, 2.45) is 5.41 Å². The molecule has 1 fully saturated rings. The van der Waals surface area contributed by atoms with Gasteiger partial charge in [0, 0.05) is 6.08 Å². The minimum atomic E-state index is -0.608. The molecule has 0 atom stereocenters. The summed E-state index contributed by atoms with van der Waals surface area (Å²) in [5.74, 6) is 0.196. The minimum absolute atomic E-state index is 0.490. The molecule has 2 aliphatic rings. The fourth-order valence-electron chi connectivity index (χ4n) is 3.96. The van der Waals surface area contributed by atoms with Gasteiger partial charge in [-0.15, -0.1) is 5.73 Å². The number of carbonyl (C=O) groups is 1. The summed E-state index contributed by atoms with van der Waals surface area (Å²) in [6.07, 6.45) is 22.6. The topological polar surface area (TPSA) is 46.5 Å². The maximum atomic E-state index is 11.7. The van der Waals surface area contributed by atoms with E-state index >= 15 is 0 Å². The zero-order chi connectivity index (χ0) is 20.2. The second-order valence-electron chi connectivity index (χ2n) is 7.67. The van der Waals surface area contributed by atoms with Gasteiger partial charge in [-0.05, 0) is 68.7 Å². The van der Waals surface area contributed by atoms with Crippen LogP contribution in [0.3, 0.4) is 0 Å². The van der Waals surface area contributed by atoms with E-state index in [4.69, 9.17) is 4.74 Å². The summed E-state index contributed by atoms with van der Waals surface area (Å²) in [4.78, 5) is 11.7. The van der Waals surface area contributed by atoms with Crippen LogP contribution in [0.2, 0.25) is 0 Å². The molecule has 0 bridgehead atoms. The van der Waals surface area contributed by atoms with Gasteiger partial charge in [-0.3, -0.25) is 4.79 Å². The third-order valence-electron chi connectivity index (χ3n) is 5.72. The molecule has 1 saturated carbocycles. The Morgan fingerprint density at radius 1 is 1.21 bits per heavy atom. The monoisotopic (exact) mass is 382 g/mol. The highest BCUT2D eigenvalue weighted by Crippen LogP contribution is 2.40. The Morgan fingerprint density at radius 3 is 2.68 bits per heavy atom. The molecule has 0 unspecified atom stereocenters. The van der Waals surface area contributed by atoms with E-state index < -0.39 is 11.4 Å². The van der Waals surface area contributed by atoms with Crippen LogP contribution < -0.4 is 0 Å². The number of hydrogen-bond donors (Lipinski definition) is 1. The first-order valence-corrected chi connectivity index (χ1v) is 10.6. The van der Waals surface area contributed by atoms with Gasteiger partial charge in [0.1, 0.15) is 5.76 Å². The van der Waals surface area contributed by atoms with E-state index in [2.05, 4.69) is 30.9 Å². The maximum absolute atomic E-state index is 11.7. The molecule has 2 rings (SSSR count). The van der Waals surface area contributed by atoms with Crippen LogP contribution in [0.15, 0.2) is 65.2 Å². The quantitative estimate of drug-likeness (QED) is 0.261. The molecule has 0 aromatic heterocycles. The maximum Gasteiger partial charge on any atom is 0.309 e. The predicted octanol–water partition coefficient (Wildman–Crippen LogP) is 6.66. The summed E-state index contributed by atoms with van der Waals surface area (Å²) in [7, 11) is 0. The van der Waals surface area contributed by atoms with Gasteiger partial charge < -0.3 is 9.84 Å². The minimum Gasteiger partial charge on any atom is -0.493 e. The van der Waals surface area contributed by atoms with Crippen molar-refractivity contribution in [1.82, 2.24) is 0 Å². The highest BCUT2D eigenvalue weighted by atomic mass is 16.5. The van der Waals surface area contributed by atoms with Gasteiger partial charge in [-0.1, -0.05) is 50.5 Å². The van der Waals surface area contributed by atoms with Crippen molar-refractivity contribution in [2.45, 2.75) is 71.6 Å². The average molecular weight is 383 g/mol. The second kappa shape index (κ2) is 11.6. The zero-order valence-electron chi connectivity index (χ0n) is 17.4. The van der Waals surface area contributed by atoms with Gasteiger partial charge in [0.15, 0.2) is 0 Å². The van der Waals surface area contributed by atoms with Crippen LogP contribution in [-0.2, 0) is 9.53 Å². The lowest BCUT2D eigenvalue weighted by atomic mass is 9.71. The molecule has 0 heterocycles. The van der Waals surface area contributed by atoms with Crippen molar-refractivity contribution >= 4 is 5.97 Å².